The normalized spacial score (nSPS) is 16.4. The second-order valence-electron chi connectivity index (χ2n) is 4.61. The highest BCUT2D eigenvalue weighted by atomic mass is 19.1. The van der Waals surface area contributed by atoms with Crippen molar-refractivity contribution in [1.29, 1.82) is 0 Å². The average molecular weight is 272 g/mol. The highest BCUT2D eigenvalue weighted by Crippen LogP contribution is 2.32. The van der Waals surface area contributed by atoms with Gasteiger partial charge in [0.1, 0.15) is 18.2 Å². The van der Waals surface area contributed by atoms with Crippen LogP contribution < -0.4 is 15.8 Å². The van der Waals surface area contributed by atoms with Crippen LogP contribution in [0.1, 0.15) is 22.0 Å². The van der Waals surface area contributed by atoms with E-state index in [0.29, 0.717) is 6.61 Å². The van der Waals surface area contributed by atoms with Gasteiger partial charge in [-0.15, -0.1) is 0 Å². The number of fused-ring (bicyclic) bond motifs is 1. The first-order valence-corrected chi connectivity index (χ1v) is 6.23. The zero-order valence-electron chi connectivity index (χ0n) is 10.6. The SMILES string of the molecule is Nc1cc(F)ccc1C(=O)NC1COc2ccccc21. The Balaban J connectivity index is 1.81. The van der Waals surface area contributed by atoms with E-state index < -0.39 is 5.82 Å². The summed E-state index contributed by atoms with van der Waals surface area (Å²) in [6.45, 7) is 0.381. The van der Waals surface area contributed by atoms with Crippen LogP contribution in [0.25, 0.3) is 0 Å². The smallest absolute Gasteiger partial charge is 0.253 e. The summed E-state index contributed by atoms with van der Waals surface area (Å²) >= 11 is 0. The molecule has 1 aliphatic rings. The highest BCUT2D eigenvalue weighted by molar-refractivity contribution is 5.99. The van der Waals surface area contributed by atoms with Gasteiger partial charge in [0.05, 0.1) is 11.6 Å². The third kappa shape index (κ3) is 2.18. The van der Waals surface area contributed by atoms with Crippen LogP contribution in [-0.2, 0) is 0 Å². The van der Waals surface area contributed by atoms with Crippen LogP contribution >= 0.6 is 0 Å². The summed E-state index contributed by atoms with van der Waals surface area (Å²) < 4.78 is 18.5. The Bertz CT molecular complexity index is 673. The molecule has 1 atom stereocenters. The van der Waals surface area contributed by atoms with Crippen LogP contribution in [0, 0.1) is 5.82 Å². The predicted molar refractivity (Wildman–Crippen MR) is 73.0 cm³/mol. The Morgan fingerprint density at radius 3 is 2.90 bits per heavy atom. The van der Waals surface area contributed by atoms with Gasteiger partial charge in [0, 0.05) is 11.3 Å². The minimum atomic E-state index is -0.464. The number of amides is 1. The van der Waals surface area contributed by atoms with E-state index in [2.05, 4.69) is 5.32 Å². The predicted octanol–water partition coefficient (Wildman–Crippen LogP) is 2.27. The number of nitrogens with two attached hydrogens (primary N) is 1. The molecule has 20 heavy (non-hydrogen) atoms. The van der Waals surface area contributed by atoms with Crippen molar-refractivity contribution in [2.45, 2.75) is 6.04 Å². The molecule has 0 spiro atoms. The van der Waals surface area contributed by atoms with Gasteiger partial charge in [0.2, 0.25) is 0 Å². The molecule has 3 N–H and O–H groups in total. The molecule has 0 aliphatic carbocycles. The van der Waals surface area contributed by atoms with Gasteiger partial charge in [-0.05, 0) is 24.3 Å². The number of hydrogen-bond acceptors (Lipinski definition) is 3. The minimum absolute atomic E-state index is 0.120. The van der Waals surface area contributed by atoms with Gasteiger partial charge in [-0.25, -0.2) is 4.39 Å². The van der Waals surface area contributed by atoms with Crippen LogP contribution in [0.15, 0.2) is 42.5 Å². The molecule has 5 heteroatoms. The molecule has 0 aromatic heterocycles. The molecule has 2 aromatic carbocycles. The van der Waals surface area contributed by atoms with E-state index in [1.807, 2.05) is 24.3 Å². The van der Waals surface area contributed by atoms with E-state index in [9.17, 15) is 9.18 Å². The summed E-state index contributed by atoms with van der Waals surface area (Å²) in [7, 11) is 0. The summed E-state index contributed by atoms with van der Waals surface area (Å²) in [5.41, 5.74) is 6.97. The quantitative estimate of drug-likeness (QED) is 0.824. The molecule has 0 fully saturated rings. The summed E-state index contributed by atoms with van der Waals surface area (Å²) in [6.07, 6.45) is 0. The Morgan fingerprint density at radius 2 is 2.10 bits per heavy atom. The molecule has 3 rings (SSSR count). The molecule has 102 valence electrons. The van der Waals surface area contributed by atoms with Crippen molar-refractivity contribution in [2.75, 3.05) is 12.3 Å². The first-order chi connectivity index (χ1) is 9.65. The zero-order valence-corrected chi connectivity index (χ0v) is 10.6. The lowest BCUT2D eigenvalue weighted by Gasteiger charge is -2.13. The molecule has 1 aliphatic heterocycles. The van der Waals surface area contributed by atoms with Gasteiger partial charge >= 0.3 is 0 Å². The zero-order chi connectivity index (χ0) is 14.1. The van der Waals surface area contributed by atoms with Crippen molar-refractivity contribution in [1.82, 2.24) is 5.32 Å². The first kappa shape index (κ1) is 12.5. The highest BCUT2D eigenvalue weighted by Gasteiger charge is 2.25. The van der Waals surface area contributed by atoms with Gasteiger partial charge in [0.25, 0.3) is 5.91 Å². The Labute approximate surface area is 115 Å². The average Bonchev–Trinajstić information content (AvgIpc) is 2.82. The van der Waals surface area contributed by atoms with Gasteiger partial charge in [-0.1, -0.05) is 18.2 Å². The van der Waals surface area contributed by atoms with Gasteiger partial charge < -0.3 is 15.8 Å². The number of para-hydroxylation sites is 1. The fourth-order valence-electron chi connectivity index (χ4n) is 2.26. The molecular formula is C15H13FN2O2. The van der Waals surface area contributed by atoms with Crippen molar-refractivity contribution in [3.8, 4) is 5.75 Å². The minimum Gasteiger partial charge on any atom is -0.491 e. The lowest BCUT2D eigenvalue weighted by atomic mass is 10.1. The molecule has 1 unspecified atom stereocenters. The van der Waals surface area contributed by atoms with Crippen molar-refractivity contribution in [3.63, 3.8) is 0 Å². The third-order valence-corrected chi connectivity index (χ3v) is 3.26. The number of benzene rings is 2. The van der Waals surface area contributed by atoms with E-state index in [0.717, 1.165) is 17.4 Å². The van der Waals surface area contributed by atoms with E-state index in [1.54, 1.807) is 0 Å². The van der Waals surface area contributed by atoms with Crippen LogP contribution in [0.4, 0.5) is 10.1 Å². The second-order valence-corrected chi connectivity index (χ2v) is 4.61. The van der Waals surface area contributed by atoms with E-state index >= 15 is 0 Å². The standard InChI is InChI=1S/C15H13FN2O2/c16-9-5-6-10(12(17)7-9)15(19)18-13-8-20-14-4-2-1-3-11(13)14/h1-7,13H,8,17H2,(H,18,19). The molecule has 0 bridgehead atoms. The van der Waals surface area contributed by atoms with Crippen molar-refractivity contribution in [2.24, 2.45) is 0 Å². The molecule has 2 aromatic rings. The van der Waals surface area contributed by atoms with Gasteiger partial charge in [-0.2, -0.15) is 0 Å². The second kappa shape index (κ2) is 4.85. The Kier molecular flexibility index (Phi) is 3.02. The first-order valence-electron chi connectivity index (χ1n) is 6.23. The maximum atomic E-state index is 13.0. The molecule has 1 heterocycles. The van der Waals surface area contributed by atoms with E-state index in [-0.39, 0.29) is 23.2 Å². The summed E-state index contributed by atoms with van der Waals surface area (Å²) in [4.78, 5) is 12.2. The molecule has 0 saturated carbocycles. The lowest BCUT2D eigenvalue weighted by Crippen LogP contribution is -2.30. The Hall–Kier alpha value is -2.56. The number of anilines is 1. The molecular weight excluding hydrogens is 259 g/mol. The van der Waals surface area contributed by atoms with E-state index in [4.69, 9.17) is 10.5 Å². The number of nitrogens with one attached hydrogen (secondary N) is 1. The maximum absolute atomic E-state index is 13.0. The summed E-state index contributed by atoms with van der Waals surface area (Å²) in [5.74, 6) is -0.0359. The Morgan fingerprint density at radius 1 is 1.30 bits per heavy atom. The van der Waals surface area contributed by atoms with Crippen LogP contribution in [-0.4, -0.2) is 12.5 Å². The number of rotatable bonds is 2. The van der Waals surface area contributed by atoms with Gasteiger partial charge in [-0.3, -0.25) is 4.79 Å². The fraction of sp³-hybridized carbons (Fsp3) is 0.133. The van der Waals surface area contributed by atoms with Crippen molar-refractivity contribution in [3.05, 3.63) is 59.4 Å². The lowest BCUT2D eigenvalue weighted by molar-refractivity contribution is 0.0931. The topological polar surface area (TPSA) is 64.4 Å². The molecule has 1 amide bonds. The largest absolute Gasteiger partial charge is 0.491 e. The fourth-order valence-corrected chi connectivity index (χ4v) is 2.26. The summed E-state index contributed by atoms with van der Waals surface area (Å²) in [5, 5.41) is 2.85. The van der Waals surface area contributed by atoms with E-state index in [1.165, 1.54) is 12.1 Å². The third-order valence-electron chi connectivity index (χ3n) is 3.26. The molecule has 0 saturated heterocycles. The maximum Gasteiger partial charge on any atom is 0.253 e. The number of hydrogen-bond donors (Lipinski definition) is 2. The number of nitrogen functional groups attached to an aromatic ring is 1. The van der Waals surface area contributed by atoms with Crippen LogP contribution in [0.5, 0.6) is 5.75 Å². The van der Waals surface area contributed by atoms with Gasteiger partial charge in [0.15, 0.2) is 0 Å². The monoisotopic (exact) mass is 272 g/mol. The molecule has 4 nitrogen and oxygen atoms in total. The van der Waals surface area contributed by atoms with Crippen LogP contribution in [0.3, 0.4) is 0 Å². The van der Waals surface area contributed by atoms with Crippen LogP contribution in [0.2, 0.25) is 0 Å². The molecule has 0 radical (unpaired) electrons. The number of carbonyl (C=O) groups is 1. The van der Waals surface area contributed by atoms with Crippen molar-refractivity contribution >= 4 is 11.6 Å². The number of halogens is 1. The summed E-state index contributed by atoms with van der Waals surface area (Å²) in [6, 6.07) is 11.0. The number of ether oxygens (including phenoxy) is 1. The number of carbonyl (C=O) groups excluding carboxylic acids is 1. The van der Waals surface area contributed by atoms with Crippen molar-refractivity contribution < 1.29 is 13.9 Å².